The molecular formula is C27H30N4O4S2. The van der Waals surface area contributed by atoms with Crippen LogP contribution in [0.15, 0.2) is 53.4 Å². The van der Waals surface area contributed by atoms with Crippen LogP contribution in [0, 0.1) is 0 Å². The minimum Gasteiger partial charge on any atom is -0.355 e. The fourth-order valence-corrected chi connectivity index (χ4v) is 7.66. The molecule has 194 valence electrons. The maximum atomic E-state index is 13.3. The number of nitrogens with one attached hydrogen (secondary N) is 2. The number of hydrogen-bond donors (Lipinski definition) is 2. The van der Waals surface area contributed by atoms with Gasteiger partial charge in [0.2, 0.25) is 10.0 Å². The van der Waals surface area contributed by atoms with E-state index in [-0.39, 0.29) is 16.7 Å². The lowest BCUT2D eigenvalue weighted by atomic mass is 10.0. The van der Waals surface area contributed by atoms with Crippen LogP contribution in [0.4, 0.5) is 5.00 Å². The summed E-state index contributed by atoms with van der Waals surface area (Å²) in [5.74, 6) is -0.603. The molecule has 2 aliphatic rings. The van der Waals surface area contributed by atoms with E-state index in [0.29, 0.717) is 35.6 Å². The summed E-state index contributed by atoms with van der Waals surface area (Å²) in [7, 11) is -2.11. The largest absolute Gasteiger partial charge is 0.355 e. The quantitative estimate of drug-likeness (QED) is 0.501. The molecule has 0 bridgehead atoms. The van der Waals surface area contributed by atoms with Crippen LogP contribution in [0.5, 0.6) is 0 Å². The number of carbonyl (C=O) groups excluding carboxylic acids is 2. The summed E-state index contributed by atoms with van der Waals surface area (Å²) in [4.78, 5) is 29.3. The van der Waals surface area contributed by atoms with Gasteiger partial charge in [0.05, 0.1) is 10.5 Å². The van der Waals surface area contributed by atoms with Crippen LogP contribution in [-0.2, 0) is 36.0 Å². The number of thiophene rings is 1. The van der Waals surface area contributed by atoms with Crippen molar-refractivity contribution in [2.24, 2.45) is 0 Å². The second-order valence-electron chi connectivity index (χ2n) is 9.24. The molecule has 5 rings (SSSR count). The number of amides is 2. The van der Waals surface area contributed by atoms with E-state index in [2.05, 4.69) is 22.5 Å². The first kappa shape index (κ1) is 25.6. The predicted molar refractivity (Wildman–Crippen MR) is 145 cm³/mol. The van der Waals surface area contributed by atoms with Crippen molar-refractivity contribution in [3.63, 3.8) is 0 Å². The summed E-state index contributed by atoms with van der Waals surface area (Å²) in [6.07, 6.45) is 1.43. The van der Waals surface area contributed by atoms with Gasteiger partial charge in [-0.05, 0) is 60.3 Å². The van der Waals surface area contributed by atoms with Crippen molar-refractivity contribution in [2.45, 2.75) is 37.8 Å². The Labute approximate surface area is 221 Å². The minimum atomic E-state index is -3.69. The Morgan fingerprint density at radius 1 is 0.946 bits per heavy atom. The zero-order valence-electron chi connectivity index (χ0n) is 20.9. The molecule has 1 aromatic heterocycles. The predicted octanol–water partition coefficient (Wildman–Crippen LogP) is 3.49. The van der Waals surface area contributed by atoms with Crippen molar-refractivity contribution in [3.8, 4) is 0 Å². The zero-order chi connectivity index (χ0) is 26.2. The number of carbonyl (C=O) groups is 2. The molecule has 0 aliphatic carbocycles. The number of rotatable bonds is 6. The van der Waals surface area contributed by atoms with Gasteiger partial charge in [0, 0.05) is 43.7 Å². The van der Waals surface area contributed by atoms with E-state index < -0.39 is 10.0 Å². The second-order valence-corrected chi connectivity index (χ2v) is 12.3. The normalized spacial score (nSPS) is 16.1. The Kier molecular flexibility index (Phi) is 7.17. The number of likely N-dealkylation sites (N-methyl/N-ethyl adjacent to an activating group) is 1. The molecule has 0 fully saturated rings. The van der Waals surface area contributed by atoms with E-state index in [0.717, 1.165) is 42.1 Å². The Morgan fingerprint density at radius 2 is 1.68 bits per heavy atom. The van der Waals surface area contributed by atoms with Gasteiger partial charge >= 0.3 is 0 Å². The molecule has 2 amide bonds. The second kappa shape index (κ2) is 10.4. The molecule has 2 N–H and O–H groups in total. The highest BCUT2D eigenvalue weighted by Crippen LogP contribution is 2.37. The summed E-state index contributed by atoms with van der Waals surface area (Å²) in [5, 5.41) is 6.12. The van der Waals surface area contributed by atoms with Gasteiger partial charge < -0.3 is 10.6 Å². The van der Waals surface area contributed by atoms with Gasteiger partial charge in [0.25, 0.3) is 11.8 Å². The summed E-state index contributed by atoms with van der Waals surface area (Å²) in [5.41, 5.74) is 4.04. The van der Waals surface area contributed by atoms with E-state index in [1.54, 1.807) is 7.05 Å². The van der Waals surface area contributed by atoms with E-state index in [9.17, 15) is 18.0 Å². The van der Waals surface area contributed by atoms with Crippen LogP contribution in [0.3, 0.4) is 0 Å². The molecule has 0 radical (unpaired) electrons. The summed E-state index contributed by atoms with van der Waals surface area (Å²) < 4.78 is 28.0. The van der Waals surface area contributed by atoms with Gasteiger partial charge in [-0.15, -0.1) is 11.3 Å². The number of sulfonamides is 1. The van der Waals surface area contributed by atoms with E-state index in [1.165, 1.54) is 45.5 Å². The van der Waals surface area contributed by atoms with Crippen LogP contribution >= 0.6 is 11.3 Å². The smallest absolute Gasteiger partial charge is 0.256 e. The summed E-state index contributed by atoms with van der Waals surface area (Å²) in [6, 6.07) is 13.9. The van der Waals surface area contributed by atoms with Gasteiger partial charge in [0.1, 0.15) is 5.00 Å². The van der Waals surface area contributed by atoms with E-state index >= 15 is 0 Å². The third-order valence-corrected chi connectivity index (χ3v) is 10.1. The highest BCUT2D eigenvalue weighted by atomic mass is 32.2. The zero-order valence-corrected chi connectivity index (χ0v) is 22.5. The Morgan fingerprint density at radius 3 is 2.38 bits per heavy atom. The van der Waals surface area contributed by atoms with Gasteiger partial charge in [0.15, 0.2) is 0 Å². The van der Waals surface area contributed by atoms with Gasteiger partial charge in [-0.3, -0.25) is 14.5 Å². The maximum absolute atomic E-state index is 13.3. The molecular weight excluding hydrogens is 508 g/mol. The van der Waals surface area contributed by atoms with Crippen LogP contribution in [0.25, 0.3) is 0 Å². The maximum Gasteiger partial charge on any atom is 0.256 e. The van der Waals surface area contributed by atoms with E-state index in [1.807, 2.05) is 24.3 Å². The third-order valence-electron chi connectivity index (χ3n) is 7.11. The first-order valence-corrected chi connectivity index (χ1v) is 14.6. The molecule has 37 heavy (non-hydrogen) atoms. The standard InChI is InChI=1S/C27H30N4O4S2/c1-3-30-14-13-22-23(17-30)36-27(24(22)26(33)28-2)29-25(32)19-8-10-21(11-9-19)37(34,35)31-15-12-18-6-4-5-7-20(18)16-31/h4-11H,3,12-17H2,1-2H3,(H,28,33)(H,29,32). The molecule has 2 aliphatic heterocycles. The first-order chi connectivity index (χ1) is 17.8. The lowest BCUT2D eigenvalue weighted by molar-refractivity contribution is 0.0962. The van der Waals surface area contributed by atoms with E-state index in [4.69, 9.17) is 0 Å². The number of hydrogen-bond acceptors (Lipinski definition) is 6. The number of benzene rings is 2. The monoisotopic (exact) mass is 538 g/mol. The molecule has 0 saturated heterocycles. The Balaban J connectivity index is 1.34. The lowest BCUT2D eigenvalue weighted by Gasteiger charge is -2.28. The molecule has 8 nitrogen and oxygen atoms in total. The molecule has 3 aromatic rings. The Hall–Kier alpha value is -3.05. The van der Waals surface area contributed by atoms with Gasteiger partial charge in [-0.2, -0.15) is 4.31 Å². The fraction of sp³-hybridized carbons (Fsp3) is 0.333. The van der Waals surface area contributed by atoms with Crippen molar-refractivity contribution in [1.82, 2.24) is 14.5 Å². The highest BCUT2D eigenvalue weighted by molar-refractivity contribution is 7.89. The van der Waals surface area contributed by atoms with Gasteiger partial charge in [-0.1, -0.05) is 31.2 Å². The molecule has 0 unspecified atom stereocenters. The lowest BCUT2D eigenvalue weighted by Crippen LogP contribution is -2.35. The van der Waals surface area contributed by atoms with Gasteiger partial charge in [-0.25, -0.2) is 8.42 Å². The van der Waals surface area contributed by atoms with Crippen LogP contribution in [0.1, 0.15) is 49.2 Å². The average molecular weight is 539 g/mol. The molecule has 10 heteroatoms. The molecule has 3 heterocycles. The fourth-order valence-electron chi connectivity index (χ4n) is 4.96. The summed E-state index contributed by atoms with van der Waals surface area (Å²) in [6.45, 7) is 5.41. The van der Waals surface area contributed by atoms with Crippen molar-refractivity contribution in [1.29, 1.82) is 0 Å². The average Bonchev–Trinajstić information content (AvgIpc) is 3.29. The topological polar surface area (TPSA) is 98.8 Å². The molecule has 0 saturated carbocycles. The SMILES string of the molecule is CCN1CCc2c(sc(NC(=O)c3ccc(S(=O)(=O)N4CCc5ccccc5C4)cc3)c2C(=O)NC)C1. The van der Waals surface area contributed by atoms with Crippen LogP contribution < -0.4 is 10.6 Å². The first-order valence-electron chi connectivity index (χ1n) is 12.4. The van der Waals surface area contributed by atoms with Crippen molar-refractivity contribution in [3.05, 3.63) is 81.2 Å². The van der Waals surface area contributed by atoms with Crippen molar-refractivity contribution in [2.75, 3.05) is 32.0 Å². The van der Waals surface area contributed by atoms with Crippen LogP contribution in [0.2, 0.25) is 0 Å². The Bertz CT molecular complexity index is 1450. The van der Waals surface area contributed by atoms with Crippen molar-refractivity contribution >= 4 is 38.2 Å². The molecule has 2 aromatic carbocycles. The van der Waals surface area contributed by atoms with Crippen LogP contribution in [-0.4, -0.2) is 56.1 Å². The minimum absolute atomic E-state index is 0.153. The number of fused-ring (bicyclic) bond motifs is 2. The third kappa shape index (κ3) is 4.94. The summed E-state index contributed by atoms with van der Waals surface area (Å²) >= 11 is 1.43. The number of nitrogens with zero attached hydrogens (tertiary/aromatic N) is 2. The number of anilines is 1. The molecule has 0 atom stereocenters. The molecule has 0 spiro atoms. The van der Waals surface area contributed by atoms with Crippen molar-refractivity contribution < 1.29 is 18.0 Å². The highest BCUT2D eigenvalue weighted by Gasteiger charge is 2.30.